The average Bonchev–Trinajstić information content (AvgIpc) is 3.41. The number of rotatable bonds is 7. The minimum Gasteiger partial charge on any atom is -0.376 e. The molecule has 2 N–H and O–H groups in total. The number of imide groups is 1. The number of nitrogens with zero attached hydrogens (tertiary/aromatic N) is 1. The van der Waals surface area contributed by atoms with Gasteiger partial charge in [-0.2, -0.15) is 0 Å². The van der Waals surface area contributed by atoms with Gasteiger partial charge in [-0.1, -0.05) is 6.07 Å². The number of carbonyl (C=O) groups excluding carboxylic acids is 4. The standard InChI is InChI=1S/C24H24FN3O5/c1-14-4-5-16(12-20(14)25)22(30)27-9-8-26-21(29)15-6-7-18-19(11-15)24(32)28(23(18)31)13-17-3-2-10-33-17/h4-7,11-12,17H,2-3,8-10,13H2,1H3,(H,26,29)(H,27,30). The smallest absolute Gasteiger partial charge is 0.261 e. The first-order chi connectivity index (χ1) is 15.8. The van der Waals surface area contributed by atoms with Crippen molar-refractivity contribution in [1.82, 2.24) is 15.5 Å². The fourth-order valence-corrected chi connectivity index (χ4v) is 3.88. The van der Waals surface area contributed by atoms with E-state index in [0.29, 0.717) is 12.2 Å². The third kappa shape index (κ3) is 4.78. The van der Waals surface area contributed by atoms with E-state index in [4.69, 9.17) is 4.74 Å². The second-order valence-electron chi connectivity index (χ2n) is 8.09. The van der Waals surface area contributed by atoms with Crippen LogP contribution in [-0.4, -0.2) is 60.9 Å². The van der Waals surface area contributed by atoms with Crippen molar-refractivity contribution in [3.05, 3.63) is 70.0 Å². The van der Waals surface area contributed by atoms with Gasteiger partial charge in [0.05, 0.1) is 23.8 Å². The highest BCUT2D eigenvalue weighted by Crippen LogP contribution is 2.26. The van der Waals surface area contributed by atoms with E-state index in [0.717, 1.165) is 18.9 Å². The summed E-state index contributed by atoms with van der Waals surface area (Å²) < 4.78 is 19.1. The van der Waals surface area contributed by atoms with Crippen molar-refractivity contribution in [3.8, 4) is 0 Å². The van der Waals surface area contributed by atoms with E-state index < -0.39 is 23.5 Å². The molecule has 0 aliphatic carbocycles. The second kappa shape index (κ2) is 9.50. The monoisotopic (exact) mass is 453 g/mol. The molecule has 33 heavy (non-hydrogen) atoms. The van der Waals surface area contributed by atoms with Crippen LogP contribution in [0.3, 0.4) is 0 Å². The summed E-state index contributed by atoms with van der Waals surface area (Å²) in [5.74, 6) is -2.16. The summed E-state index contributed by atoms with van der Waals surface area (Å²) in [5, 5.41) is 5.27. The second-order valence-corrected chi connectivity index (χ2v) is 8.09. The zero-order valence-electron chi connectivity index (χ0n) is 18.2. The van der Waals surface area contributed by atoms with Crippen molar-refractivity contribution >= 4 is 23.6 Å². The van der Waals surface area contributed by atoms with E-state index in [1.54, 1.807) is 6.92 Å². The summed E-state index contributed by atoms with van der Waals surface area (Å²) in [6.07, 6.45) is 1.55. The zero-order chi connectivity index (χ0) is 23.5. The van der Waals surface area contributed by atoms with Crippen LogP contribution >= 0.6 is 0 Å². The Balaban J connectivity index is 1.31. The predicted molar refractivity (Wildman–Crippen MR) is 117 cm³/mol. The number of hydrogen-bond donors (Lipinski definition) is 2. The SMILES string of the molecule is Cc1ccc(C(=O)NCCNC(=O)c2ccc3c(c2)C(=O)N(CC2CCCO2)C3=O)cc1F. The van der Waals surface area contributed by atoms with Crippen LogP contribution in [0, 0.1) is 12.7 Å². The molecule has 8 nitrogen and oxygen atoms in total. The Morgan fingerprint density at radius 3 is 2.27 bits per heavy atom. The first-order valence-corrected chi connectivity index (χ1v) is 10.8. The fraction of sp³-hybridized carbons (Fsp3) is 0.333. The highest BCUT2D eigenvalue weighted by atomic mass is 19.1. The number of amides is 4. The van der Waals surface area contributed by atoms with Crippen molar-refractivity contribution in [2.75, 3.05) is 26.2 Å². The predicted octanol–water partition coefficient (Wildman–Crippen LogP) is 2.07. The molecule has 1 saturated heterocycles. The molecule has 1 unspecified atom stereocenters. The van der Waals surface area contributed by atoms with Gasteiger partial charge in [0.1, 0.15) is 5.82 Å². The van der Waals surface area contributed by atoms with Gasteiger partial charge in [0.15, 0.2) is 0 Å². The van der Waals surface area contributed by atoms with E-state index in [-0.39, 0.29) is 53.9 Å². The van der Waals surface area contributed by atoms with E-state index >= 15 is 0 Å². The molecule has 0 saturated carbocycles. The summed E-state index contributed by atoms with van der Waals surface area (Å²) in [7, 11) is 0. The van der Waals surface area contributed by atoms with Gasteiger partial charge in [0.2, 0.25) is 0 Å². The molecule has 2 aromatic rings. The van der Waals surface area contributed by atoms with Gasteiger partial charge in [-0.3, -0.25) is 24.1 Å². The van der Waals surface area contributed by atoms with Crippen molar-refractivity contribution in [1.29, 1.82) is 0 Å². The Morgan fingerprint density at radius 1 is 1.00 bits per heavy atom. The van der Waals surface area contributed by atoms with E-state index in [9.17, 15) is 23.6 Å². The molecule has 2 aromatic carbocycles. The molecular formula is C24H24FN3O5. The highest BCUT2D eigenvalue weighted by molar-refractivity contribution is 6.22. The van der Waals surface area contributed by atoms with Crippen LogP contribution in [0.25, 0.3) is 0 Å². The summed E-state index contributed by atoms with van der Waals surface area (Å²) >= 11 is 0. The number of benzene rings is 2. The molecule has 1 fully saturated rings. The maximum absolute atomic E-state index is 13.6. The quantitative estimate of drug-likeness (QED) is 0.493. The summed E-state index contributed by atoms with van der Waals surface area (Å²) in [5.41, 5.74) is 1.34. The molecule has 0 spiro atoms. The normalized spacial score (nSPS) is 17.3. The molecule has 2 heterocycles. The van der Waals surface area contributed by atoms with Crippen LogP contribution in [0.2, 0.25) is 0 Å². The highest BCUT2D eigenvalue weighted by Gasteiger charge is 2.37. The number of carbonyl (C=O) groups is 4. The lowest BCUT2D eigenvalue weighted by Gasteiger charge is -2.17. The minimum atomic E-state index is -0.463. The van der Waals surface area contributed by atoms with Crippen LogP contribution in [0.1, 0.15) is 59.8 Å². The fourth-order valence-electron chi connectivity index (χ4n) is 3.88. The van der Waals surface area contributed by atoms with Crippen molar-refractivity contribution in [3.63, 3.8) is 0 Å². The number of hydrogen-bond acceptors (Lipinski definition) is 5. The molecule has 0 radical (unpaired) electrons. The molecule has 0 aromatic heterocycles. The Bertz CT molecular complexity index is 1130. The summed E-state index contributed by atoms with van der Waals surface area (Å²) in [6, 6.07) is 8.59. The molecule has 2 aliphatic heterocycles. The van der Waals surface area contributed by atoms with E-state index in [2.05, 4.69) is 10.6 Å². The van der Waals surface area contributed by atoms with Crippen LogP contribution in [0.4, 0.5) is 4.39 Å². The first kappa shape index (κ1) is 22.6. The van der Waals surface area contributed by atoms with E-state index in [1.165, 1.54) is 35.2 Å². The first-order valence-electron chi connectivity index (χ1n) is 10.8. The Morgan fingerprint density at radius 2 is 1.64 bits per heavy atom. The number of halogens is 1. The molecule has 1 atom stereocenters. The Labute approximate surface area is 190 Å². The lowest BCUT2D eigenvalue weighted by atomic mass is 10.1. The third-order valence-corrected chi connectivity index (χ3v) is 5.77. The summed E-state index contributed by atoms with van der Waals surface area (Å²) in [6.45, 7) is 2.71. The van der Waals surface area contributed by atoms with Gasteiger partial charge >= 0.3 is 0 Å². The largest absolute Gasteiger partial charge is 0.376 e. The van der Waals surface area contributed by atoms with Gasteiger partial charge in [-0.05, 0) is 55.7 Å². The topological polar surface area (TPSA) is 105 Å². The van der Waals surface area contributed by atoms with Gasteiger partial charge in [0, 0.05) is 30.8 Å². The van der Waals surface area contributed by atoms with Crippen molar-refractivity contribution in [2.45, 2.75) is 25.9 Å². The molecule has 0 bridgehead atoms. The number of nitrogens with one attached hydrogen (secondary N) is 2. The van der Waals surface area contributed by atoms with Crippen LogP contribution < -0.4 is 10.6 Å². The Kier molecular flexibility index (Phi) is 6.50. The summed E-state index contributed by atoms with van der Waals surface area (Å²) in [4.78, 5) is 51.1. The van der Waals surface area contributed by atoms with Gasteiger partial charge < -0.3 is 15.4 Å². The number of ether oxygens (including phenoxy) is 1. The lowest BCUT2D eigenvalue weighted by Crippen LogP contribution is -2.36. The maximum atomic E-state index is 13.6. The van der Waals surface area contributed by atoms with Gasteiger partial charge in [-0.25, -0.2) is 4.39 Å². The van der Waals surface area contributed by atoms with Crippen molar-refractivity contribution < 1.29 is 28.3 Å². The number of fused-ring (bicyclic) bond motifs is 1. The molecular weight excluding hydrogens is 429 g/mol. The Hall–Kier alpha value is -3.59. The molecule has 172 valence electrons. The molecule has 9 heteroatoms. The van der Waals surface area contributed by atoms with Gasteiger partial charge in [0.25, 0.3) is 23.6 Å². The zero-order valence-corrected chi connectivity index (χ0v) is 18.2. The van der Waals surface area contributed by atoms with Gasteiger partial charge in [-0.15, -0.1) is 0 Å². The number of aryl methyl sites for hydroxylation is 1. The van der Waals surface area contributed by atoms with E-state index in [1.807, 2.05) is 0 Å². The van der Waals surface area contributed by atoms with Crippen LogP contribution in [0.5, 0.6) is 0 Å². The minimum absolute atomic E-state index is 0.133. The molecule has 4 rings (SSSR count). The van der Waals surface area contributed by atoms with Crippen LogP contribution in [-0.2, 0) is 4.74 Å². The van der Waals surface area contributed by atoms with Crippen LogP contribution in [0.15, 0.2) is 36.4 Å². The average molecular weight is 453 g/mol. The maximum Gasteiger partial charge on any atom is 0.261 e. The third-order valence-electron chi connectivity index (χ3n) is 5.77. The molecule has 2 aliphatic rings. The molecule has 4 amide bonds. The lowest BCUT2D eigenvalue weighted by molar-refractivity contribution is 0.0475. The van der Waals surface area contributed by atoms with Crippen molar-refractivity contribution in [2.24, 2.45) is 0 Å².